The van der Waals surface area contributed by atoms with E-state index in [1.807, 2.05) is 4.90 Å². The van der Waals surface area contributed by atoms with Gasteiger partial charge in [-0.2, -0.15) is 0 Å². The fourth-order valence-electron chi connectivity index (χ4n) is 5.15. The first-order valence-corrected chi connectivity index (χ1v) is 10.3. The largest absolute Gasteiger partial charge is 0.449 e. The van der Waals surface area contributed by atoms with Gasteiger partial charge >= 0.3 is 6.09 Å². The van der Waals surface area contributed by atoms with E-state index in [0.29, 0.717) is 28.5 Å². The van der Waals surface area contributed by atoms with Gasteiger partial charge in [-0.25, -0.2) is 4.79 Å². The average Bonchev–Trinajstić information content (AvgIpc) is 3.34. The molecule has 2 saturated heterocycles. The van der Waals surface area contributed by atoms with E-state index in [0.717, 1.165) is 0 Å². The molecule has 4 aliphatic rings. The van der Waals surface area contributed by atoms with Crippen molar-refractivity contribution in [2.24, 2.45) is 11.7 Å². The van der Waals surface area contributed by atoms with Gasteiger partial charge in [0.25, 0.3) is 0 Å². The summed E-state index contributed by atoms with van der Waals surface area (Å²) in [6, 6.07) is 6.93. The van der Waals surface area contributed by atoms with E-state index in [-0.39, 0.29) is 41.5 Å². The molecule has 4 N–H and O–H groups in total. The van der Waals surface area contributed by atoms with E-state index < -0.39 is 17.7 Å². The van der Waals surface area contributed by atoms with Crippen molar-refractivity contribution in [1.29, 1.82) is 0 Å². The van der Waals surface area contributed by atoms with Gasteiger partial charge in [0.1, 0.15) is 6.61 Å². The van der Waals surface area contributed by atoms with Gasteiger partial charge in [-0.05, 0) is 25.1 Å². The summed E-state index contributed by atoms with van der Waals surface area (Å²) in [6.45, 7) is 1.97. The number of hydrogen-bond acceptors (Lipinski definition) is 8. The molecule has 3 heterocycles. The maximum atomic E-state index is 13.7. The number of nitrogens with two attached hydrogens (primary N) is 1. The van der Waals surface area contributed by atoms with Gasteiger partial charge in [-0.15, -0.1) is 0 Å². The molecule has 0 saturated carbocycles. The summed E-state index contributed by atoms with van der Waals surface area (Å²) >= 11 is 6.06. The van der Waals surface area contributed by atoms with E-state index in [1.165, 1.54) is 7.11 Å². The second-order valence-corrected chi connectivity index (χ2v) is 8.49. The molecule has 0 aromatic heterocycles. The summed E-state index contributed by atoms with van der Waals surface area (Å²) in [5, 5.41) is 6.87. The summed E-state index contributed by atoms with van der Waals surface area (Å²) in [4.78, 5) is 40.3. The Morgan fingerprint density at radius 2 is 2.16 bits per heavy atom. The quantitative estimate of drug-likeness (QED) is 0.455. The van der Waals surface area contributed by atoms with Crippen LogP contribution in [0.1, 0.15) is 6.92 Å². The lowest BCUT2D eigenvalue weighted by Gasteiger charge is -2.39. The summed E-state index contributed by atoms with van der Waals surface area (Å²) in [5.74, 6) is -1.28. The number of amides is 1. The van der Waals surface area contributed by atoms with Gasteiger partial charge in [0.15, 0.2) is 5.72 Å². The molecule has 1 unspecified atom stereocenters. The van der Waals surface area contributed by atoms with Crippen LogP contribution in [0.5, 0.6) is 0 Å². The minimum atomic E-state index is -0.998. The van der Waals surface area contributed by atoms with Gasteiger partial charge in [0.2, 0.25) is 11.6 Å². The van der Waals surface area contributed by atoms with Crippen LogP contribution in [0, 0.1) is 5.92 Å². The van der Waals surface area contributed by atoms with Crippen LogP contribution in [0.4, 0.5) is 10.5 Å². The first-order chi connectivity index (χ1) is 14.8. The molecular weight excluding hydrogens is 424 g/mol. The zero-order valence-corrected chi connectivity index (χ0v) is 17.7. The molecule has 0 bridgehead atoms. The lowest BCUT2D eigenvalue weighted by atomic mass is 9.82. The highest BCUT2D eigenvalue weighted by molar-refractivity contribution is 6.31. The van der Waals surface area contributed by atoms with Crippen molar-refractivity contribution in [1.82, 2.24) is 10.2 Å². The number of allylic oxidation sites excluding steroid dienone is 2. The molecule has 10 heteroatoms. The Balaban J connectivity index is 1.57. The molecule has 0 radical (unpaired) electrons. The summed E-state index contributed by atoms with van der Waals surface area (Å²) in [6.07, 6.45) is -0.955. The van der Waals surface area contributed by atoms with E-state index in [9.17, 15) is 14.4 Å². The van der Waals surface area contributed by atoms with Crippen molar-refractivity contribution < 1.29 is 23.9 Å². The second kappa shape index (κ2) is 6.81. The lowest BCUT2D eigenvalue weighted by molar-refractivity contribution is -0.137. The van der Waals surface area contributed by atoms with Gasteiger partial charge in [0.05, 0.1) is 23.4 Å². The standard InChI is InChI=1S/C21H21ClN4O5/c1-9-15(24-11-5-3-4-10(22)6-11)18(28)14-12(8-31-20(23)29)21(30-2)19-13(25-19)7-26(21)16(14)17(9)27/h3-6,12-13,19,24-25H,7-8H2,1-2H3,(H2,23,29)/t12-,13+,19+,21?/m0/s1. The molecule has 1 amide bonds. The third-order valence-corrected chi connectivity index (χ3v) is 6.76. The highest BCUT2D eigenvalue weighted by Gasteiger charge is 2.72. The number of ketones is 2. The molecule has 9 nitrogen and oxygen atoms in total. The number of Topliss-reactive ketones (excluding diaryl/α,β-unsaturated/α-hetero) is 2. The number of primary amides is 1. The molecule has 3 aliphatic heterocycles. The van der Waals surface area contributed by atoms with Crippen LogP contribution in [0.15, 0.2) is 46.8 Å². The van der Waals surface area contributed by atoms with Crippen LogP contribution in [0.3, 0.4) is 0 Å². The first kappa shape index (κ1) is 20.0. The van der Waals surface area contributed by atoms with E-state index in [2.05, 4.69) is 10.6 Å². The molecule has 0 spiro atoms. The summed E-state index contributed by atoms with van der Waals surface area (Å²) in [5.41, 5.74) is 5.85. The number of hydrogen-bond donors (Lipinski definition) is 3. The molecule has 2 fully saturated rings. The van der Waals surface area contributed by atoms with Gasteiger partial charge < -0.3 is 30.7 Å². The first-order valence-electron chi connectivity index (χ1n) is 9.87. The van der Waals surface area contributed by atoms with Gasteiger partial charge in [0, 0.05) is 41.6 Å². The van der Waals surface area contributed by atoms with E-state index in [1.54, 1.807) is 31.2 Å². The predicted molar refractivity (Wildman–Crippen MR) is 111 cm³/mol. The smallest absolute Gasteiger partial charge is 0.404 e. The third kappa shape index (κ3) is 2.73. The Morgan fingerprint density at radius 1 is 1.39 bits per heavy atom. The predicted octanol–water partition coefficient (Wildman–Crippen LogP) is 1.16. The highest BCUT2D eigenvalue weighted by Crippen LogP contribution is 2.55. The molecule has 1 aromatic carbocycles. The van der Waals surface area contributed by atoms with Crippen molar-refractivity contribution in [2.45, 2.75) is 24.7 Å². The number of nitrogens with zero attached hydrogens (tertiary/aromatic N) is 1. The number of rotatable bonds is 5. The summed E-state index contributed by atoms with van der Waals surface area (Å²) in [7, 11) is 1.53. The number of halogens is 1. The van der Waals surface area contributed by atoms with Crippen LogP contribution in [-0.4, -0.2) is 60.6 Å². The van der Waals surface area contributed by atoms with Crippen molar-refractivity contribution >= 4 is 34.9 Å². The number of methoxy groups -OCH3 is 1. The van der Waals surface area contributed by atoms with Crippen molar-refractivity contribution in [2.75, 3.05) is 25.6 Å². The number of carbonyl (C=O) groups is 3. The van der Waals surface area contributed by atoms with Gasteiger partial charge in [-0.1, -0.05) is 17.7 Å². The van der Waals surface area contributed by atoms with Crippen LogP contribution < -0.4 is 16.4 Å². The molecule has 1 aliphatic carbocycles. The SMILES string of the molecule is COC12[C@@H]3N[C@@H]3CN1C1=C(C(=O)C(Nc3cccc(Cl)c3)=C(C)C1=O)[C@@H]2COC(N)=O. The zero-order valence-electron chi connectivity index (χ0n) is 16.9. The Hall–Kier alpha value is -2.88. The number of nitrogens with one attached hydrogen (secondary N) is 2. The third-order valence-electron chi connectivity index (χ3n) is 6.52. The van der Waals surface area contributed by atoms with E-state index in [4.69, 9.17) is 26.8 Å². The Bertz CT molecular complexity index is 1100. The van der Waals surface area contributed by atoms with Gasteiger partial charge in [-0.3, -0.25) is 9.59 Å². The lowest BCUT2D eigenvalue weighted by Crippen LogP contribution is -2.55. The number of benzene rings is 1. The van der Waals surface area contributed by atoms with E-state index >= 15 is 0 Å². The number of anilines is 1. The average molecular weight is 445 g/mol. The normalized spacial score (nSPS) is 30.9. The van der Waals surface area contributed by atoms with Crippen LogP contribution in [0.25, 0.3) is 0 Å². The zero-order chi connectivity index (χ0) is 22.1. The highest BCUT2D eigenvalue weighted by atomic mass is 35.5. The van der Waals surface area contributed by atoms with Crippen molar-refractivity contribution in [3.8, 4) is 0 Å². The van der Waals surface area contributed by atoms with Crippen LogP contribution >= 0.6 is 11.6 Å². The van der Waals surface area contributed by atoms with Crippen LogP contribution in [0.2, 0.25) is 5.02 Å². The number of carbonyl (C=O) groups excluding carboxylic acids is 3. The fourth-order valence-corrected chi connectivity index (χ4v) is 5.34. The fraction of sp³-hybridized carbons (Fsp3) is 0.381. The molecule has 31 heavy (non-hydrogen) atoms. The molecule has 5 rings (SSSR count). The minimum absolute atomic E-state index is 0.0881. The minimum Gasteiger partial charge on any atom is -0.449 e. The topological polar surface area (TPSA) is 133 Å². The Labute approximate surface area is 183 Å². The number of ether oxygens (including phenoxy) is 2. The summed E-state index contributed by atoms with van der Waals surface area (Å²) < 4.78 is 11.1. The van der Waals surface area contributed by atoms with Crippen molar-refractivity contribution in [3.63, 3.8) is 0 Å². The number of piperazine rings is 1. The molecule has 4 atom stereocenters. The Morgan fingerprint density at radius 3 is 2.84 bits per heavy atom. The maximum absolute atomic E-state index is 13.7. The molecule has 1 aromatic rings. The molecule has 162 valence electrons. The number of fused-ring (bicyclic) bond motifs is 4. The second-order valence-electron chi connectivity index (χ2n) is 8.06. The Kier molecular flexibility index (Phi) is 4.40. The molecular formula is C21H21ClN4O5. The monoisotopic (exact) mass is 444 g/mol. The van der Waals surface area contributed by atoms with Crippen LogP contribution in [-0.2, 0) is 19.1 Å². The van der Waals surface area contributed by atoms with Crippen molar-refractivity contribution in [3.05, 3.63) is 51.8 Å². The maximum Gasteiger partial charge on any atom is 0.404 e.